The van der Waals surface area contributed by atoms with Gasteiger partial charge < -0.3 is 10.2 Å². The van der Waals surface area contributed by atoms with Gasteiger partial charge in [0.05, 0.1) is 0 Å². The lowest BCUT2D eigenvalue weighted by Gasteiger charge is -2.42. The molecule has 0 aromatic rings. The topological polar surface area (TPSA) is 15.3 Å². The summed E-state index contributed by atoms with van der Waals surface area (Å²) in [5.74, 6) is 1.94. The Morgan fingerprint density at radius 3 is 2.65 bits per heavy atom. The highest BCUT2D eigenvalue weighted by molar-refractivity contribution is 4.90. The van der Waals surface area contributed by atoms with Gasteiger partial charge in [0.2, 0.25) is 0 Å². The zero-order valence-electron chi connectivity index (χ0n) is 12.0. The van der Waals surface area contributed by atoms with Crippen LogP contribution in [0.3, 0.4) is 0 Å². The van der Waals surface area contributed by atoms with Crippen molar-refractivity contribution in [3.8, 4) is 0 Å². The first kappa shape index (κ1) is 13.4. The summed E-state index contributed by atoms with van der Waals surface area (Å²) in [7, 11) is 4.44. The lowest BCUT2D eigenvalue weighted by molar-refractivity contribution is 0.0920. The van der Waals surface area contributed by atoms with Crippen LogP contribution in [0, 0.1) is 17.3 Å². The molecule has 0 aliphatic heterocycles. The van der Waals surface area contributed by atoms with Gasteiger partial charge in [-0.2, -0.15) is 0 Å². The molecule has 1 N–H and O–H groups in total. The molecule has 0 aromatic carbocycles. The fourth-order valence-electron chi connectivity index (χ4n) is 3.88. The molecule has 0 heterocycles. The summed E-state index contributed by atoms with van der Waals surface area (Å²) in [6.07, 6.45) is 8.66. The Morgan fingerprint density at radius 2 is 2.06 bits per heavy atom. The van der Waals surface area contributed by atoms with E-state index in [0.29, 0.717) is 5.41 Å². The van der Waals surface area contributed by atoms with E-state index in [9.17, 15) is 0 Å². The smallest absolute Gasteiger partial charge is 0.00473 e. The normalized spacial score (nSPS) is 34.2. The maximum atomic E-state index is 3.45. The zero-order valence-corrected chi connectivity index (χ0v) is 12.0. The average Bonchev–Trinajstić information content (AvgIpc) is 3.01. The van der Waals surface area contributed by atoms with Crippen molar-refractivity contribution in [3.05, 3.63) is 0 Å². The number of nitrogens with one attached hydrogen (secondary N) is 1. The second-order valence-electron chi connectivity index (χ2n) is 6.87. The molecule has 2 atom stereocenters. The average molecular weight is 238 g/mol. The minimum absolute atomic E-state index is 0.552. The molecule has 2 aliphatic carbocycles. The molecule has 2 unspecified atom stereocenters. The third-order valence-corrected chi connectivity index (χ3v) is 4.61. The van der Waals surface area contributed by atoms with Crippen molar-refractivity contribution in [3.63, 3.8) is 0 Å². The summed E-state index contributed by atoms with van der Waals surface area (Å²) < 4.78 is 0. The van der Waals surface area contributed by atoms with E-state index in [4.69, 9.17) is 0 Å². The molecule has 0 radical (unpaired) electrons. The van der Waals surface area contributed by atoms with E-state index in [1.165, 1.54) is 58.2 Å². The van der Waals surface area contributed by atoms with Crippen LogP contribution in [0.25, 0.3) is 0 Å². The van der Waals surface area contributed by atoms with Gasteiger partial charge >= 0.3 is 0 Å². The van der Waals surface area contributed by atoms with Crippen LogP contribution >= 0.6 is 0 Å². The maximum absolute atomic E-state index is 3.45. The molecule has 0 saturated heterocycles. The third-order valence-electron chi connectivity index (χ3n) is 4.61. The van der Waals surface area contributed by atoms with Gasteiger partial charge in [-0.1, -0.05) is 19.8 Å². The molecule has 0 amide bonds. The second-order valence-corrected chi connectivity index (χ2v) is 6.87. The van der Waals surface area contributed by atoms with E-state index in [2.05, 4.69) is 31.2 Å². The Bertz CT molecular complexity index is 233. The number of hydrogen-bond acceptors (Lipinski definition) is 2. The standard InChI is InChI=1S/C15H30N2/c1-13-5-4-8-15(9-13,11-16-2)12-17(3)10-14-6-7-14/h13-14,16H,4-12H2,1-3H3. The minimum Gasteiger partial charge on any atom is -0.319 e. The zero-order chi connectivity index (χ0) is 12.3. The largest absolute Gasteiger partial charge is 0.319 e. The van der Waals surface area contributed by atoms with Crippen molar-refractivity contribution in [2.75, 3.05) is 33.7 Å². The van der Waals surface area contributed by atoms with E-state index < -0.39 is 0 Å². The van der Waals surface area contributed by atoms with Gasteiger partial charge in [-0.15, -0.1) is 0 Å². The van der Waals surface area contributed by atoms with Crippen molar-refractivity contribution in [2.24, 2.45) is 17.3 Å². The Morgan fingerprint density at radius 1 is 1.29 bits per heavy atom. The van der Waals surface area contributed by atoms with E-state index in [-0.39, 0.29) is 0 Å². The molecule has 2 fully saturated rings. The number of rotatable bonds is 6. The van der Waals surface area contributed by atoms with Crippen LogP contribution in [0.4, 0.5) is 0 Å². The first-order chi connectivity index (χ1) is 8.13. The predicted octanol–water partition coefficient (Wildman–Crippen LogP) is 2.74. The van der Waals surface area contributed by atoms with E-state index in [1.54, 1.807) is 0 Å². The van der Waals surface area contributed by atoms with Gasteiger partial charge in [0.25, 0.3) is 0 Å². The van der Waals surface area contributed by atoms with E-state index in [0.717, 1.165) is 11.8 Å². The molecular weight excluding hydrogens is 208 g/mol. The minimum atomic E-state index is 0.552. The molecule has 2 nitrogen and oxygen atoms in total. The summed E-state index contributed by atoms with van der Waals surface area (Å²) in [5.41, 5.74) is 0.552. The summed E-state index contributed by atoms with van der Waals surface area (Å²) in [6.45, 7) is 6.27. The lowest BCUT2D eigenvalue weighted by atomic mass is 9.69. The van der Waals surface area contributed by atoms with Crippen LogP contribution in [0.5, 0.6) is 0 Å². The Hall–Kier alpha value is -0.0800. The summed E-state index contributed by atoms with van der Waals surface area (Å²) >= 11 is 0. The molecule has 0 bridgehead atoms. The maximum Gasteiger partial charge on any atom is 0.00473 e. The van der Waals surface area contributed by atoms with Crippen LogP contribution < -0.4 is 5.32 Å². The highest BCUT2D eigenvalue weighted by atomic mass is 15.1. The molecule has 2 aliphatic rings. The SMILES string of the molecule is CNCC1(CN(C)CC2CC2)CCCC(C)C1. The summed E-state index contributed by atoms with van der Waals surface area (Å²) in [4.78, 5) is 2.60. The first-order valence-corrected chi connectivity index (χ1v) is 7.47. The molecule has 2 rings (SSSR count). The Balaban J connectivity index is 1.89. The van der Waals surface area contributed by atoms with Gasteiger partial charge in [-0.25, -0.2) is 0 Å². The van der Waals surface area contributed by atoms with Crippen LogP contribution in [-0.4, -0.2) is 38.6 Å². The highest BCUT2D eigenvalue weighted by Gasteiger charge is 2.36. The van der Waals surface area contributed by atoms with E-state index in [1.807, 2.05) is 0 Å². The highest BCUT2D eigenvalue weighted by Crippen LogP contribution is 2.40. The van der Waals surface area contributed by atoms with Gasteiger partial charge in [-0.3, -0.25) is 0 Å². The van der Waals surface area contributed by atoms with Gasteiger partial charge in [0, 0.05) is 19.6 Å². The lowest BCUT2D eigenvalue weighted by Crippen LogP contribution is -2.45. The molecule has 0 aromatic heterocycles. The van der Waals surface area contributed by atoms with Crippen LogP contribution in [-0.2, 0) is 0 Å². The van der Waals surface area contributed by atoms with Gasteiger partial charge in [0.1, 0.15) is 0 Å². The Kier molecular flexibility index (Phi) is 4.48. The fraction of sp³-hybridized carbons (Fsp3) is 1.00. The summed E-state index contributed by atoms with van der Waals surface area (Å²) in [6, 6.07) is 0. The van der Waals surface area contributed by atoms with Gasteiger partial charge in [-0.05, 0) is 57.0 Å². The quantitative estimate of drug-likeness (QED) is 0.765. The molecule has 2 saturated carbocycles. The third kappa shape index (κ3) is 3.96. The van der Waals surface area contributed by atoms with Crippen LogP contribution in [0.15, 0.2) is 0 Å². The van der Waals surface area contributed by atoms with E-state index >= 15 is 0 Å². The summed E-state index contributed by atoms with van der Waals surface area (Å²) in [5, 5.41) is 3.45. The van der Waals surface area contributed by atoms with Crippen molar-refractivity contribution < 1.29 is 0 Å². The Labute approximate surface area is 107 Å². The molecule has 2 heteroatoms. The van der Waals surface area contributed by atoms with Crippen molar-refractivity contribution in [1.29, 1.82) is 0 Å². The van der Waals surface area contributed by atoms with Crippen LogP contribution in [0.2, 0.25) is 0 Å². The fourth-order valence-corrected chi connectivity index (χ4v) is 3.88. The van der Waals surface area contributed by atoms with Crippen molar-refractivity contribution >= 4 is 0 Å². The molecular formula is C15H30N2. The predicted molar refractivity (Wildman–Crippen MR) is 74.2 cm³/mol. The van der Waals surface area contributed by atoms with Gasteiger partial charge in [0.15, 0.2) is 0 Å². The first-order valence-electron chi connectivity index (χ1n) is 7.47. The molecule has 17 heavy (non-hydrogen) atoms. The van der Waals surface area contributed by atoms with Crippen molar-refractivity contribution in [1.82, 2.24) is 10.2 Å². The van der Waals surface area contributed by atoms with Crippen molar-refractivity contribution in [2.45, 2.75) is 45.4 Å². The monoisotopic (exact) mass is 238 g/mol. The molecule has 0 spiro atoms. The number of hydrogen-bond donors (Lipinski definition) is 1. The second kappa shape index (κ2) is 5.71. The number of nitrogens with zero attached hydrogens (tertiary/aromatic N) is 1. The van der Waals surface area contributed by atoms with Crippen LogP contribution in [0.1, 0.15) is 45.4 Å². The molecule has 100 valence electrons.